The highest BCUT2D eigenvalue weighted by Crippen LogP contribution is 2.34. The second-order valence-corrected chi connectivity index (χ2v) is 3.25. The van der Waals surface area contributed by atoms with Crippen molar-refractivity contribution in [1.82, 2.24) is 0 Å². The Labute approximate surface area is 70.2 Å². The van der Waals surface area contributed by atoms with Gasteiger partial charge in [-0.25, -0.2) is 0 Å². The first-order valence-corrected chi connectivity index (χ1v) is 4.07. The molecule has 1 saturated carbocycles. The lowest BCUT2D eigenvalue weighted by atomic mass is 10.0. The minimum absolute atomic E-state index is 0.273. The van der Waals surface area contributed by atoms with E-state index in [-0.39, 0.29) is 6.42 Å². The Hall–Kier alpha value is -1.06. The number of carboxylic acids is 2. The van der Waals surface area contributed by atoms with Crippen LogP contribution in [-0.2, 0) is 9.59 Å². The fourth-order valence-corrected chi connectivity index (χ4v) is 1.16. The second-order valence-electron chi connectivity index (χ2n) is 3.25. The summed E-state index contributed by atoms with van der Waals surface area (Å²) >= 11 is 0. The molecule has 0 bridgehead atoms. The third kappa shape index (κ3) is 2.53. The first-order valence-electron chi connectivity index (χ1n) is 4.07. The molecule has 68 valence electrons. The zero-order valence-corrected chi connectivity index (χ0v) is 6.69. The maximum atomic E-state index is 10.4. The van der Waals surface area contributed by atoms with Crippen molar-refractivity contribution in [2.24, 2.45) is 11.8 Å². The van der Waals surface area contributed by atoms with Crippen molar-refractivity contribution in [3.63, 3.8) is 0 Å². The summed E-state index contributed by atoms with van der Waals surface area (Å²) < 4.78 is 0. The lowest BCUT2D eigenvalue weighted by Crippen LogP contribution is -2.23. The van der Waals surface area contributed by atoms with Gasteiger partial charge in [0, 0.05) is 0 Å². The van der Waals surface area contributed by atoms with Crippen LogP contribution in [0.25, 0.3) is 0 Å². The average Bonchev–Trinajstić information content (AvgIpc) is 2.69. The number of carbonyl (C=O) groups is 2. The molecule has 4 heteroatoms. The summed E-state index contributed by atoms with van der Waals surface area (Å²) in [6.45, 7) is 0. The molecule has 0 aromatic carbocycles. The molecule has 0 saturated heterocycles. The molecule has 0 aliphatic heterocycles. The van der Waals surface area contributed by atoms with Crippen LogP contribution in [0.4, 0.5) is 0 Å². The maximum Gasteiger partial charge on any atom is 0.317 e. The van der Waals surface area contributed by atoms with Crippen LogP contribution in [0.5, 0.6) is 0 Å². The summed E-state index contributed by atoms with van der Waals surface area (Å²) in [6, 6.07) is 0. The Morgan fingerprint density at radius 1 is 1.25 bits per heavy atom. The minimum Gasteiger partial charge on any atom is -0.481 e. The minimum atomic E-state index is -1.22. The Morgan fingerprint density at radius 2 is 1.75 bits per heavy atom. The number of aliphatic carboxylic acids is 2. The van der Waals surface area contributed by atoms with Crippen LogP contribution in [0.2, 0.25) is 0 Å². The third-order valence-electron chi connectivity index (χ3n) is 2.16. The van der Waals surface area contributed by atoms with E-state index in [1.807, 2.05) is 0 Å². The summed E-state index contributed by atoms with van der Waals surface area (Å²) in [4.78, 5) is 20.8. The van der Waals surface area contributed by atoms with E-state index in [1.165, 1.54) is 0 Å². The van der Waals surface area contributed by atoms with E-state index in [0.717, 1.165) is 19.3 Å². The van der Waals surface area contributed by atoms with Gasteiger partial charge in [0.1, 0.15) is 0 Å². The number of hydrogen-bond acceptors (Lipinski definition) is 2. The van der Waals surface area contributed by atoms with Crippen molar-refractivity contribution in [2.45, 2.75) is 25.7 Å². The van der Waals surface area contributed by atoms with Crippen molar-refractivity contribution in [3.8, 4) is 0 Å². The average molecular weight is 172 g/mol. The van der Waals surface area contributed by atoms with Gasteiger partial charge in [0.2, 0.25) is 0 Å². The first kappa shape index (κ1) is 9.03. The molecular weight excluding hydrogens is 160 g/mol. The normalized spacial score (nSPS) is 16.4. The van der Waals surface area contributed by atoms with Crippen LogP contribution in [0.15, 0.2) is 0 Å². The Morgan fingerprint density at radius 3 is 2.08 bits per heavy atom. The topological polar surface area (TPSA) is 74.6 Å². The van der Waals surface area contributed by atoms with E-state index in [4.69, 9.17) is 10.2 Å². The molecule has 4 nitrogen and oxygen atoms in total. The van der Waals surface area contributed by atoms with Gasteiger partial charge in [-0.1, -0.05) is 12.8 Å². The van der Waals surface area contributed by atoms with E-state index in [2.05, 4.69) is 0 Å². The molecular formula is C8H12O4. The Bertz CT molecular complexity index is 181. The zero-order valence-electron chi connectivity index (χ0n) is 6.69. The molecule has 12 heavy (non-hydrogen) atoms. The van der Waals surface area contributed by atoms with Crippen LogP contribution in [0, 0.1) is 11.8 Å². The van der Waals surface area contributed by atoms with Crippen molar-refractivity contribution < 1.29 is 19.8 Å². The highest BCUT2D eigenvalue weighted by Gasteiger charge is 2.29. The summed E-state index contributed by atoms with van der Waals surface area (Å²) in [5, 5.41) is 17.0. The molecule has 0 amide bonds. The van der Waals surface area contributed by atoms with E-state index in [0.29, 0.717) is 5.92 Å². The second kappa shape index (κ2) is 3.56. The molecule has 1 aliphatic carbocycles. The predicted molar refractivity (Wildman–Crippen MR) is 40.7 cm³/mol. The van der Waals surface area contributed by atoms with Crippen LogP contribution < -0.4 is 0 Å². The van der Waals surface area contributed by atoms with Crippen molar-refractivity contribution >= 4 is 11.9 Å². The van der Waals surface area contributed by atoms with Crippen molar-refractivity contribution in [1.29, 1.82) is 0 Å². The highest BCUT2D eigenvalue weighted by molar-refractivity contribution is 5.92. The molecule has 1 aliphatic rings. The molecule has 2 N–H and O–H groups in total. The van der Waals surface area contributed by atoms with E-state index < -0.39 is 17.9 Å². The van der Waals surface area contributed by atoms with Gasteiger partial charge >= 0.3 is 11.9 Å². The molecule has 0 unspecified atom stereocenters. The lowest BCUT2D eigenvalue weighted by molar-refractivity contribution is -0.154. The summed E-state index contributed by atoms with van der Waals surface area (Å²) in [5.41, 5.74) is 0. The number of hydrogen-bond donors (Lipinski definition) is 2. The lowest BCUT2D eigenvalue weighted by Gasteiger charge is -2.05. The van der Waals surface area contributed by atoms with Crippen molar-refractivity contribution in [2.75, 3.05) is 0 Å². The molecule has 0 spiro atoms. The zero-order chi connectivity index (χ0) is 9.14. The molecule has 0 radical (unpaired) electrons. The van der Waals surface area contributed by atoms with Gasteiger partial charge < -0.3 is 10.2 Å². The SMILES string of the molecule is O=C(O)C(CCC1CC1)C(=O)O. The van der Waals surface area contributed by atoms with E-state index in [1.54, 1.807) is 0 Å². The monoisotopic (exact) mass is 172 g/mol. The van der Waals surface area contributed by atoms with Gasteiger partial charge in [-0.15, -0.1) is 0 Å². The maximum absolute atomic E-state index is 10.4. The fraction of sp³-hybridized carbons (Fsp3) is 0.750. The van der Waals surface area contributed by atoms with E-state index >= 15 is 0 Å². The van der Waals surface area contributed by atoms with Gasteiger partial charge in [-0.05, 0) is 18.8 Å². The van der Waals surface area contributed by atoms with Crippen LogP contribution in [0.3, 0.4) is 0 Å². The summed E-state index contributed by atoms with van der Waals surface area (Å²) in [7, 11) is 0. The van der Waals surface area contributed by atoms with Crippen LogP contribution >= 0.6 is 0 Å². The summed E-state index contributed by atoms with van der Waals surface area (Å²) in [6.07, 6.45) is 3.27. The van der Waals surface area contributed by atoms with Crippen molar-refractivity contribution in [3.05, 3.63) is 0 Å². The van der Waals surface area contributed by atoms with E-state index in [9.17, 15) is 9.59 Å². The smallest absolute Gasteiger partial charge is 0.317 e. The molecule has 1 fully saturated rings. The van der Waals surface area contributed by atoms with Crippen LogP contribution in [-0.4, -0.2) is 22.2 Å². The number of rotatable bonds is 5. The Balaban J connectivity index is 2.31. The van der Waals surface area contributed by atoms with Gasteiger partial charge in [0.05, 0.1) is 0 Å². The Kier molecular flexibility index (Phi) is 2.68. The van der Waals surface area contributed by atoms with Crippen LogP contribution in [0.1, 0.15) is 25.7 Å². The van der Waals surface area contributed by atoms with Gasteiger partial charge in [0.15, 0.2) is 5.92 Å². The quantitative estimate of drug-likeness (QED) is 0.606. The molecule has 0 aromatic heterocycles. The molecule has 1 rings (SSSR count). The highest BCUT2D eigenvalue weighted by atomic mass is 16.4. The fourth-order valence-electron chi connectivity index (χ4n) is 1.16. The third-order valence-corrected chi connectivity index (χ3v) is 2.16. The predicted octanol–water partition coefficient (Wildman–Crippen LogP) is 0.962. The van der Waals surface area contributed by atoms with Gasteiger partial charge in [-0.2, -0.15) is 0 Å². The molecule has 0 atom stereocenters. The molecule has 0 heterocycles. The first-order chi connectivity index (χ1) is 5.61. The standard InChI is InChI=1S/C8H12O4/c9-7(10)6(8(11)12)4-3-5-1-2-5/h5-6H,1-4H2,(H,9,10)(H,11,12). The largest absolute Gasteiger partial charge is 0.481 e. The molecule has 0 aromatic rings. The summed E-state index contributed by atoms with van der Waals surface area (Å²) in [5.74, 6) is -3.05. The van der Waals surface area contributed by atoms with Gasteiger partial charge in [-0.3, -0.25) is 9.59 Å². The van der Waals surface area contributed by atoms with Gasteiger partial charge in [0.25, 0.3) is 0 Å². The number of carboxylic acid groups (broad SMARTS) is 2.